The van der Waals surface area contributed by atoms with E-state index in [9.17, 15) is 4.79 Å². The summed E-state index contributed by atoms with van der Waals surface area (Å²) in [7, 11) is 0. The molecule has 4 nitrogen and oxygen atoms in total. The van der Waals surface area contributed by atoms with Crippen molar-refractivity contribution >= 4 is 5.91 Å². The molecule has 0 spiro atoms. The van der Waals surface area contributed by atoms with Gasteiger partial charge in [-0.15, -0.1) is 0 Å². The van der Waals surface area contributed by atoms with E-state index >= 15 is 0 Å². The molecule has 0 radical (unpaired) electrons. The number of aromatic nitrogens is 2. The van der Waals surface area contributed by atoms with Crippen LogP contribution in [0.4, 0.5) is 0 Å². The summed E-state index contributed by atoms with van der Waals surface area (Å²) in [6.07, 6.45) is 4.68. The molecule has 0 bridgehead atoms. The quantitative estimate of drug-likeness (QED) is 0.755. The zero-order valence-corrected chi connectivity index (χ0v) is 16.0. The molecule has 1 heterocycles. The van der Waals surface area contributed by atoms with Crippen molar-refractivity contribution in [2.24, 2.45) is 0 Å². The van der Waals surface area contributed by atoms with E-state index in [4.69, 9.17) is 0 Å². The fourth-order valence-electron chi connectivity index (χ4n) is 3.90. The van der Waals surface area contributed by atoms with Crippen LogP contribution in [0.3, 0.4) is 0 Å². The number of hydrogen-bond acceptors (Lipinski definition) is 2. The molecule has 3 aromatic rings. The van der Waals surface area contributed by atoms with Gasteiger partial charge in [0.05, 0.1) is 11.4 Å². The highest BCUT2D eigenvalue weighted by atomic mass is 16.1. The molecule has 0 saturated heterocycles. The fourth-order valence-corrected chi connectivity index (χ4v) is 3.90. The van der Waals surface area contributed by atoms with E-state index < -0.39 is 0 Å². The van der Waals surface area contributed by atoms with Crippen LogP contribution in [0, 0.1) is 13.8 Å². The SMILES string of the molecule is Cc1nn(-c2ccccc2)c(C)c1CNC(=O)c1ccc2c(c1)CCCC2. The minimum Gasteiger partial charge on any atom is -0.348 e. The van der Waals surface area contributed by atoms with E-state index in [0.717, 1.165) is 41.0 Å². The molecule has 27 heavy (non-hydrogen) atoms. The predicted octanol–water partition coefficient (Wildman–Crippen LogP) is 4.30. The van der Waals surface area contributed by atoms with Crippen LogP contribution < -0.4 is 5.32 Å². The Bertz CT molecular complexity index is 973. The summed E-state index contributed by atoms with van der Waals surface area (Å²) in [5.41, 5.74) is 7.59. The molecule has 1 aromatic heterocycles. The lowest BCUT2D eigenvalue weighted by Crippen LogP contribution is -2.24. The first kappa shape index (κ1) is 17.5. The summed E-state index contributed by atoms with van der Waals surface area (Å²) in [5, 5.41) is 7.73. The Kier molecular flexibility index (Phi) is 4.80. The normalized spacial score (nSPS) is 13.3. The third kappa shape index (κ3) is 3.52. The van der Waals surface area contributed by atoms with Gasteiger partial charge in [-0.25, -0.2) is 4.68 Å². The smallest absolute Gasteiger partial charge is 0.251 e. The van der Waals surface area contributed by atoms with Gasteiger partial charge in [0, 0.05) is 23.4 Å². The van der Waals surface area contributed by atoms with Crippen LogP contribution in [-0.4, -0.2) is 15.7 Å². The molecule has 0 fully saturated rings. The van der Waals surface area contributed by atoms with Gasteiger partial charge in [-0.2, -0.15) is 5.10 Å². The predicted molar refractivity (Wildman–Crippen MR) is 107 cm³/mol. The Labute approximate surface area is 160 Å². The number of benzene rings is 2. The molecule has 2 aromatic carbocycles. The minimum absolute atomic E-state index is 0.0189. The van der Waals surface area contributed by atoms with Gasteiger partial charge >= 0.3 is 0 Å². The average molecular weight is 359 g/mol. The molecule has 138 valence electrons. The summed E-state index contributed by atoms with van der Waals surface area (Å²) >= 11 is 0. The van der Waals surface area contributed by atoms with Crippen molar-refractivity contribution in [3.8, 4) is 5.69 Å². The molecule has 4 rings (SSSR count). The third-order valence-electron chi connectivity index (χ3n) is 5.48. The molecule has 0 unspecified atom stereocenters. The van der Waals surface area contributed by atoms with Crippen molar-refractivity contribution in [2.75, 3.05) is 0 Å². The third-order valence-corrected chi connectivity index (χ3v) is 5.48. The standard InChI is InChI=1S/C23H25N3O/c1-16-22(17(2)26(25-16)21-10-4-3-5-11-21)15-24-23(27)20-13-12-18-8-6-7-9-19(18)14-20/h3-5,10-14H,6-9,15H2,1-2H3,(H,24,27). The van der Waals surface area contributed by atoms with Crippen molar-refractivity contribution in [3.63, 3.8) is 0 Å². The lowest BCUT2D eigenvalue weighted by Gasteiger charge is -2.16. The first-order valence-corrected chi connectivity index (χ1v) is 9.64. The van der Waals surface area contributed by atoms with Crippen LogP contribution >= 0.6 is 0 Å². The van der Waals surface area contributed by atoms with Crippen molar-refractivity contribution in [2.45, 2.75) is 46.1 Å². The molecule has 1 aliphatic carbocycles. The summed E-state index contributed by atoms with van der Waals surface area (Å²) in [6, 6.07) is 16.2. The lowest BCUT2D eigenvalue weighted by atomic mass is 9.90. The van der Waals surface area contributed by atoms with Gasteiger partial charge in [-0.3, -0.25) is 4.79 Å². The molecule has 0 atom stereocenters. The number of aryl methyl sites for hydroxylation is 3. The van der Waals surface area contributed by atoms with E-state index in [2.05, 4.69) is 22.5 Å². The number of para-hydroxylation sites is 1. The molecule has 1 amide bonds. The average Bonchev–Trinajstić information content (AvgIpc) is 3.00. The van der Waals surface area contributed by atoms with Gasteiger partial charge in [0.1, 0.15) is 0 Å². The Hall–Kier alpha value is -2.88. The number of nitrogens with zero attached hydrogens (tertiary/aromatic N) is 2. The van der Waals surface area contributed by atoms with Crippen molar-refractivity contribution in [1.29, 1.82) is 0 Å². The number of fused-ring (bicyclic) bond motifs is 1. The second kappa shape index (κ2) is 7.39. The van der Waals surface area contributed by atoms with E-state index in [1.807, 2.05) is 54.9 Å². The number of rotatable bonds is 4. The van der Waals surface area contributed by atoms with E-state index in [-0.39, 0.29) is 5.91 Å². The van der Waals surface area contributed by atoms with Crippen LogP contribution in [0.15, 0.2) is 48.5 Å². The van der Waals surface area contributed by atoms with E-state index in [1.165, 1.54) is 24.0 Å². The van der Waals surface area contributed by atoms with Crippen LogP contribution in [0.1, 0.15) is 51.3 Å². The number of hydrogen-bond donors (Lipinski definition) is 1. The highest BCUT2D eigenvalue weighted by molar-refractivity contribution is 5.94. The Morgan fingerprint density at radius 1 is 1.04 bits per heavy atom. The van der Waals surface area contributed by atoms with Crippen molar-refractivity contribution in [3.05, 3.63) is 82.2 Å². The monoisotopic (exact) mass is 359 g/mol. The minimum atomic E-state index is -0.0189. The Balaban J connectivity index is 1.50. The molecule has 0 saturated carbocycles. The van der Waals surface area contributed by atoms with Gasteiger partial charge in [0.25, 0.3) is 5.91 Å². The zero-order chi connectivity index (χ0) is 18.8. The van der Waals surface area contributed by atoms with Gasteiger partial charge < -0.3 is 5.32 Å². The molecular weight excluding hydrogens is 334 g/mol. The fraction of sp³-hybridized carbons (Fsp3) is 0.304. The van der Waals surface area contributed by atoms with Crippen LogP contribution in [0.5, 0.6) is 0 Å². The molecule has 4 heteroatoms. The van der Waals surface area contributed by atoms with Gasteiger partial charge in [-0.1, -0.05) is 24.3 Å². The Morgan fingerprint density at radius 3 is 2.56 bits per heavy atom. The molecular formula is C23H25N3O. The highest BCUT2D eigenvalue weighted by Crippen LogP contribution is 2.22. The maximum Gasteiger partial charge on any atom is 0.251 e. The number of carbonyl (C=O) groups excluding carboxylic acids is 1. The van der Waals surface area contributed by atoms with Gasteiger partial charge in [0.15, 0.2) is 0 Å². The summed E-state index contributed by atoms with van der Waals surface area (Å²) in [5.74, 6) is -0.0189. The Morgan fingerprint density at radius 2 is 1.78 bits per heavy atom. The maximum absolute atomic E-state index is 12.7. The summed E-state index contributed by atoms with van der Waals surface area (Å²) < 4.78 is 1.94. The van der Waals surface area contributed by atoms with E-state index in [0.29, 0.717) is 6.54 Å². The maximum atomic E-state index is 12.7. The van der Waals surface area contributed by atoms with Crippen LogP contribution in [0.2, 0.25) is 0 Å². The summed E-state index contributed by atoms with van der Waals surface area (Å²) in [4.78, 5) is 12.7. The van der Waals surface area contributed by atoms with Crippen LogP contribution in [-0.2, 0) is 19.4 Å². The topological polar surface area (TPSA) is 46.9 Å². The molecule has 0 aliphatic heterocycles. The number of carbonyl (C=O) groups is 1. The second-order valence-corrected chi connectivity index (χ2v) is 7.27. The van der Waals surface area contributed by atoms with E-state index in [1.54, 1.807) is 0 Å². The number of amides is 1. The van der Waals surface area contributed by atoms with Gasteiger partial charge in [-0.05, 0) is 74.9 Å². The second-order valence-electron chi connectivity index (χ2n) is 7.27. The first-order valence-electron chi connectivity index (χ1n) is 9.64. The summed E-state index contributed by atoms with van der Waals surface area (Å²) in [6.45, 7) is 4.53. The largest absolute Gasteiger partial charge is 0.348 e. The van der Waals surface area contributed by atoms with Crippen molar-refractivity contribution < 1.29 is 4.79 Å². The van der Waals surface area contributed by atoms with Crippen molar-refractivity contribution in [1.82, 2.24) is 15.1 Å². The molecule has 1 N–H and O–H groups in total. The van der Waals surface area contributed by atoms with Gasteiger partial charge in [0.2, 0.25) is 0 Å². The zero-order valence-electron chi connectivity index (χ0n) is 16.0. The lowest BCUT2D eigenvalue weighted by molar-refractivity contribution is 0.0950. The first-order chi connectivity index (χ1) is 13.1. The molecule has 1 aliphatic rings. The highest BCUT2D eigenvalue weighted by Gasteiger charge is 2.16. The number of nitrogens with one attached hydrogen (secondary N) is 1. The van der Waals surface area contributed by atoms with Crippen LogP contribution in [0.25, 0.3) is 5.69 Å².